The summed E-state index contributed by atoms with van der Waals surface area (Å²) in [4.78, 5) is 11.3. The van der Waals surface area contributed by atoms with E-state index in [0.717, 1.165) is 29.6 Å². The van der Waals surface area contributed by atoms with Crippen LogP contribution < -0.4 is 5.63 Å². The van der Waals surface area contributed by atoms with Gasteiger partial charge in [-0.2, -0.15) is 0 Å². The van der Waals surface area contributed by atoms with Crippen LogP contribution in [0.25, 0.3) is 11.1 Å². The van der Waals surface area contributed by atoms with Crippen LogP contribution >= 0.6 is 0 Å². The molecule has 17 heavy (non-hydrogen) atoms. The summed E-state index contributed by atoms with van der Waals surface area (Å²) in [5, 5.41) is 5.33. The summed E-state index contributed by atoms with van der Waals surface area (Å²) in [5.74, 6) is 0. The summed E-state index contributed by atoms with van der Waals surface area (Å²) in [5.41, 5.74) is 2.16. The molecule has 0 unspecified atom stereocenters. The molecular weight excluding hydrogens is 216 g/mol. The first-order chi connectivity index (χ1) is 8.13. The van der Waals surface area contributed by atoms with E-state index in [1.165, 1.54) is 18.9 Å². The van der Waals surface area contributed by atoms with Gasteiger partial charge in [0.05, 0.1) is 5.39 Å². The summed E-state index contributed by atoms with van der Waals surface area (Å²) in [6.07, 6.45) is 3.49. The molecule has 2 heterocycles. The van der Waals surface area contributed by atoms with Gasteiger partial charge in [0.2, 0.25) is 5.71 Å². The van der Waals surface area contributed by atoms with Gasteiger partial charge in [-0.05, 0) is 25.8 Å². The van der Waals surface area contributed by atoms with E-state index in [0.29, 0.717) is 5.71 Å². The molecule has 0 atom stereocenters. The van der Waals surface area contributed by atoms with Gasteiger partial charge < -0.3 is 4.42 Å². The van der Waals surface area contributed by atoms with Gasteiger partial charge in [0.1, 0.15) is 0 Å². The second kappa shape index (κ2) is 4.73. The molecular formula is C13H18N2O2. The van der Waals surface area contributed by atoms with Crippen molar-refractivity contribution in [1.82, 2.24) is 9.78 Å². The highest BCUT2D eigenvalue weighted by atomic mass is 16.4. The van der Waals surface area contributed by atoms with Crippen molar-refractivity contribution >= 4 is 11.1 Å². The van der Waals surface area contributed by atoms with Crippen LogP contribution in [0.4, 0.5) is 0 Å². The van der Waals surface area contributed by atoms with E-state index < -0.39 is 0 Å². The van der Waals surface area contributed by atoms with Crippen LogP contribution in [0.3, 0.4) is 0 Å². The highest BCUT2D eigenvalue weighted by Gasteiger charge is 2.12. The minimum Gasteiger partial charge on any atom is -0.402 e. The zero-order valence-electron chi connectivity index (χ0n) is 10.6. The maximum Gasteiger partial charge on any atom is 0.337 e. The van der Waals surface area contributed by atoms with Crippen molar-refractivity contribution in [3.05, 3.63) is 27.7 Å². The second-order valence-electron chi connectivity index (χ2n) is 4.44. The Morgan fingerprint density at radius 2 is 2.12 bits per heavy atom. The van der Waals surface area contributed by atoms with Crippen LogP contribution in [-0.2, 0) is 6.54 Å². The lowest BCUT2D eigenvalue weighted by atomic mass is 10.2. The van der Waals surface area contributed by atoms with Crippen LogP contribution in [0.15, 0.2) is 15.3 Å². The van der Waals surface area contributed by atoms with Gasteiger partial charge in [-0.3, -0.25) is 4.68 Å². The van der Waals surface area contributed by atoms with E-state index in [1.54, 1.807) is 0 Å². The Hall–Kier alpha value is -1.58. The van der Waals surface area contributed by atoms with Crippen molar-refractivity contribution in [3.8, 4) is 0 Å². The average Bonchev–Trinajstić information content (AvgIpc) is 2.56. The highest BCUT2D eigenvalue weighted by molar-refractivity contribution is 5.79. The molecule has 0 bridgehead atoms. The molecule has 2 aromatic heterocycles. The van der Waals surface area contributed by atoms with E-state index in [-0.39, 0.29) is 5.63 Å². The number of rotatable bonds is 4. The largest absolute Gasteiger partial charge is 0.402 e. The number of unbranched alkanes of at least 4 members (excludes halogenated alkanes) is 2. The molecule has 0 aliphatic heterocycles. The van der Waals surface area contributed by atoms with E-state index in [9.17, 15) is 4.79 Å². The van der Waals surface area contributed by atoms with Crippen molar-refractivity contribution in [2.45, 2.75) is 46.6 Å². The lowest BCUT2D eigenvalue weighted by Crippen LogP contribution is -2.01. The smallest absolute Gasteiger partial charge is 0.337 e. The molecule has 0 saturated carbocycles. The van der Waals surface area contributed by atoms with Crippen LogP contribution in [-0.4, -0.2) is 9.78 Å². The summed E-state index contributed by atoms with van der Waals surface area (Å²) in [7, 11) is 0. The standard InChI is InChI=1S/C13H18N2O2/c1-4-5-6-7-15-10(3)12-9(2)8-11(16)17-13(12)14-15/h8H,4-7H2,1-3H3. The van der Waals surface area contributed by atoms with Crippen molar-refractivity contribution in [3.63, 3.8) is 0 Å². The fraction of sp³-hybridized carbons (Fsp3) is 0.538. The third-order valence-electron chi connectivity index (χ3n) is 3.07. The van der Waals surface area contributed by atoms with E-state index in [1.807, 2.05) is 18.5 Å². The highest BCUT2D eigenvalue weighted by Crippen LogP contribution is 2.20. The normalized spacial score (nSPS) is 11.2. The lowest BCUT2D eigenvalue weighted by molar-refractivity contribution is 0.511. The fourth-order valence-electron chi connectivity index (χ4n) is 2.15. The Bertz CT molecular complexity index is 581. The quantitative estimate of drug-likeness (QED) is 0.764. The third kappa shape index (κ3) is 2.25. The molecule has 0 N–H and O–H groups in total. The van der Waals surface area contributed by atoms with Gasteiger partial charge in [-0.15, -0.1) is 5.10 Å². The number of aryl methyl sites for hydroxylation is 3. The van der Waals surface area contributed by atoms with Gasteiger partial charge in [-0.1, -0.05) is 19.8 Å². The zero-order chi connectivity index (χ0) is 12.4. The molecule has 92 valence electrons. The topological polar surface area (TPSA) is 48.0 Å². The SMILES string of the molecule is CCCCCn1nc2oc(=O)cc(C)c2c1C. The Morgan fingerprint density at radius 3 is 2.82 bits per heavy atom. The maximum atomic E-state index is 11.3. The monoisotopic (exact) mass is 234 g/mol. The predicted molar refractivity (Wildman–Crippen MR) is 67.3 cm³/mol. The second-order valence-corrected chi connectivity index (χ2v) is 4.44. The van der Waals surface area contributed by atoms with Gasteiger partial charge >= 0.3 is 5.63 Å². The molecule has 4 heteroatoms. The van der Waals surface area contributed by atoms with Crippen LogP contribution in [0, 0.1) is 13.8 Å². The number of hydrogen-bond donors (Lipinski definition) is 0. The van der Waals surface area contributed by atoms with Crippen LogP contribution in [0.2, 0.25) is 0 Å². The molecule has 2 rings (SSSR count). The Balaban J connectivity index is 2.42. The first-order valence-electron chi connectivity index (χ1n) is 6.11. The molecule has 4 nitrogen and oxygen atoms in total. The molecule has 2 aromatic rings. The molecule has 0 spiro atoms. The van der Waals surface area contributed by atoms with Crippen LogP contribution in [0.1, 0.15) is 37.4 Å². The fourth-order valence-corrected chi connectivity index (χ4v) is 2.15. The molecule has 0 saturated heterocycles. The molecule has 0 amide bonds. The summed E-state index contributed by atoms with van der Waals surface area (Å²) < 4.78 is 7.06. The van der Waals surface area contributed by atoms with Crippen molar-refractivity contribution < 1.29 is 4.42 Å². The van der Waals surface area contributed by atoms with E-state index >= 15 is 0 Å². The Kier molecular flexibility index (Phi) is 3.31. The minimum absolute atomic E-state index is 0.326. The molecule has 0 aliphatic carbocycles. The molecule has 0 aromatic carbocycles. The first-order valence-corrected chi connectivity index (χ1v) is 6.11. The van der Waals surface area contributed by atoms with Crippen molar-refractivity contribution in [2.24, 2.45) is 0 Å². The number of hydrogen-bond acceptors (Lipinski definition) is 3. The zero-order valence-corrected chi connectivity index (χ0v) is 10.6. The minimum atomic E-state index is -0.326. The maximum absolute atomic E-state index is 11.3. The summed E-state index contributed by atoms with van der Waals surface area (Å²) in [6.45, 7) is 7.01. The number of fused-ring (bicyclic) bond motifs is 1. The van der Waals surface area contributed by atoms with E-state index in [4.69, 9.17) is 4.42 Å². The van der Waals surface area contributed by atoms with Gasteiger partial charge in [0, 0.05) is 18.3 Å². The number of aromatic nitrogens is 2. The average molecular weight is 234 g/mol. The lowest BCUT2D eigenvalue weighted by Gasteiger charge is -2.02. The Labute approximate surface area is 100 Å². The molecule has 0 fully saturated rings. The third-order valence-corrected chi connectivity index (χ3v) is 3.07. The van der Waals surface area contributed by atoms with Crippen molar-refractivity contribution in [1.29, 1.82) is 0 Å². The summed E-state index contributed by atoms with van der Waals surface area (Å²) >= 11 is 0. The predicted octanol–water partition coefficient (Wildman–Crippen LogP) is 2.80. The van der Waals surface area contributed by atoms with Gasteiger partial charge in [-0.25, -0.2) is 4.79 Å². The Morgan fingerprint density at radius 1 is 1.35 bits per heavy atom. The molecule has 0 radical (unpaired) electrons. The molecule has 0 aliphatic rings. The van der Waals surface area contributed by atoms with Gasteiger partial charge in [0.25, 0.3) is 0 Å². The van der Waals surface area contributed by atoms with Gasteiger partial charge in [0.15, 0.2) is 0 Å². The van der Waals surface area contributed by atoms with Crippen molar-refractivity contribution in [2.75, 3.05) is 0 Å². The van der Waals surface area contributed by atoms with E-state index in [2.05, 4.69) is 12.0 Å². The number of nitrogens with zero attached hydrogens (tertiary/aromatic N) is 2. The van der Waals surface area contributed by atoms with Crippen LogP contribution in [0.5, 0.6) is 0 Å². The summed E-state index contributed by atoms with van der Waals surface area (Å²) in [6, 6.07) is 1.52. The first kappa shape index (κ1) is 11.9.